The molecule has 94 valence electrons. The van der Waals surface area contributed by atoms with E-state index in [0.717, 1.165) is 5.69 Å². The number of rotatable bonds is 4. The van der Waals surface area contributed by atoms with Crippen molar-refractivity contribution in [3.63, 3.8) is 0 Å². The molecule has 0 fully saturated rings. The molecule has 6 heteroatoms. The summed E-state index contributed by atoms with van der Waals surface area (Å²) in [7, 11) is 0. The normalized spacial score (nSPS) is 10.3. The maximum absolute atomic E-state index is 5.42. The van der Waals surface area contributed by atoms with Crippen molar-refractivity contribution in [3.05, 3.63) is 54.6 Å². The molecule has 0 aliphatic carbocycles. The first-order valence-electron chi connectivity index (χ1n) is 5.69. The Morgan fingerprint density at radius 2 is 2.00 bits per heavy atom. The standard InChI is InChI=1S/C13H10N4O2/c1-2-7-14-11(3-1)12-4-5-13(16-15-12)18-9-10-6-8-19-17-10/h1-8H,9H2. The summed E-state index contributed by atoms with van der Waals surface area (Å²) in [4.78, 5) is 4.20. The van der Waals surface area contributed by atoms with E-state index in [1.807, 2.05) is 24.3 Å². The lowest BCUT2D eigenvalue weighted by Crippen LogP contribution is -1.99. The molecule has 0 aliphatic heterocycles. The van der Waals surface area contributed by atoms with E-state index in [9.17, 15) is 0 Å². The second-order valence-corrected chi connectivity index (χ2v) is 3.75. The Labute approximate surface area is 109 Å². The van der Waals surface area contributed by atoms with Crippen molar-refractivity contribution in [2.75, 3.05) is 0 Å². The van der Waals surface area contributed by atoms with Gasteiger partial charge in [-0.1, -0.05) is 11.2 Å². The minimum Gasteiger partial charge on any atom is -0.470 e. The van der Waals surface area contributed by atoms with Crippen LogP contribution < -0.4 is 4.74 Å². The molecule has 19 heavy (non-hydrogen) atoms. The Bertz CT molecular complexity index is 624. The molecule has 0 spiro atoms. The minimum absolute atomic E-state index is 0.300. The van der Waals surface area contributed by atoms with Crippen LogP contribution in [0.5, 0.6) is 5.88 Å². The lowest BCUT2D eigenvalue weighted by atomic mass is 10.2. The molecule has 3 aromatic heterocycles. The van der Waals surface area contributed by atoms with Crippen LogP contribution >= 0.6 is 0 Å². The topological polar surface area (TPSA) is 73.9 Å². The van der Waals surface area contributed by atoms with Crippen LogP contribution in [0.4, 0.5) is 0 Å². The van der Waals surface area contributed by atoms with E-state index in [4.69, 9.17) is 9.26 Å². The highest BCUT2D eigenvalue weighted by Crippen LogP contribution is 2.15. The van der Waals surface area contributed by atoms with Gasteiger partial charge >= 0.3 is 0 Å². The predicted molar refractivity (Wildman–Crippen MR) is 66.1 cm³/mol. The summed E-state index contributed by atoms with van der Waals surface area (Å²) in [5, 5.41) is 11.8. The second-order valence-electron chi connectivity index (χ2n) is 3.75. The van der Waals surface area contributed by atoms with E-state index in [2.05, 4.69) is 20.3 Å². The molecule has 0 unspecified atom stereocenters. The first-order valence-corrected chi connectivity index (χ1v) is 5.69. The Balaban J connectivity index is 1.69. The molecule has 0 N–H and O–H groups in total. The van der Waals surface area contributed by atoms with Gasteiger partial charge < -0.3 is 9.26 Å². The third kappa shape index (κ3) is 2.74. The molecule has 0 aromatic carbocycles. The van der Waals surface area contributed by atoms with Gasteiger partial charge in [0.15, 0.2) is 0 Å². The van der Waals surface area contributed by atoms with Crippen LogP contribution in [0.1, 0.15) is 5.69 Å². The van der Waals surface area contributed by atoms with Crippen molar-refractivity contribution in [1.82, 2.24) is 20.3 Å². The largest absolute Gasteiger partial charge is 0.470 e. The lowest BCUT2D eigenvalue weighted by Gasteiger charge is -2.03. The summed E-state index contributed by atoms with van der Waals surface area (Å²) >= 11 is 0. The van der Waals surface area contributed by atoms with E-state index in [1.54, 1.807) is 18.3 Å². The average Bonchev–Trinajstić information content (AvgIpc) is 3.00. The number of hydrogen-bond acceptors (Lipinski definition) is 6. The molecule has 0 saturated carbocycles. The molecule has 0 bridgehead atoms. The van der Waals surface area contributed by atoms with Crippen LogP contribution in [0.2, 0.25) is 0 Å². The zero-order valence-corrected chi connectivity index (χ0v) is 9.93. The molecule has 0 aliphatic rings. The van der Waals surface area contributed by atoms with Crippen LogP contribution in [0.25, 0.3) is 11.4 Å². The van der Waals surface area contributed by atoms with E-state index < -0.39 is 0 Å². The van der Waals surface area contributed by atoms with E-state index in [0.29, 0.717) is 23.9 Å². The molecule has 3 aromatic rings. The Hall–Kier alpha value is -2.76. The highest BCUT2D eigenvalue weighted by Gasteiger charge is 2.03. The first kappa shape index (κ1) is 11.3. The Morgan fingerprint density at radius 1 is 1.00 bits per heavy atom. The molecule has 3 rings (SSSR count). The lowest BCUT2D eigenvalue weighted by molar-refractivity contribution is 0.276. The molecular formula is C13H10N4O2. The van der Waals surface area contributed by atoms with Gasteiger partial charge in [-0.2, -0.15) is 0 Å². The summed E-state index contributed by atoms with van der Waals surface area (Å²) in [6.45, 7) is 0.300. The number of pyridine rings is 1. The molecule has 3 heterocycles. The fourth-order valence-electron chi connectivity index (χ4n) is 1.51. The van der Waals surface area contributed by atoms with Crippen molar-refractivity contribution < 1.29 is 9.26 Å². The maximum Gasteiger partial charge on any atom is 0.233 e. The van der Waals surface area contributed by atoms with E-state index >= 15 is 0 Å². The van der Waals surface area contributed by atoms with Crippen LogP contribution in [-0.4, -0.2) is 20.3 Å². The van der Waals surface area contributed by atoms with Gasteiger partial charge in [-0.15, -0.1) is 10.2 Å². The Kier molecular flexibility index (Phi) is 3.14. The van der Waals surface area contributed by atoms with Crippen molar-refractivity contribution in [1.29, 1.82) is 0 Å². The van der Waals surface area contributed by atoms with Gasteiger partial charge in [0.1, 0.15) is 24.3 Å². The van der Waals surface area contributed by atoms with Gasteiger partial charge in [-0.3, -0.25) is 4.98 Å². The number of hydrogen-bond donors (Lipinski definition) is 0. The average molecular weight is 254 g/mol. The highest BCUT2D eigenvalue weighted by atomic mass is 16.5. The Morgan fingerprint density at radius 3 is 2.68 bits per heavy atom. The summed E-state index contributed by atoms with van der Waals surface area (Å²) in [6.07, 6.45) is 3.21. The van der Waals surface area contributed by atoms with Gasteiger partial charge in [0.2, 0.25) is 5.88 Å². The highest BCUT2D eigenvalue weighted by molar-refractivity contribution is 5.52. The first-order chi connectivity index (χ1) is 9.42. The van der Waals surface area contributed by atoms with Gasteiger partial charge in [0, 0.05) is 18.3 Å². The number of ether oxygens (including phenoxy) is 1. The number of nitrogens with zero attached hydrogens (tertiary/aromatic N) is 4. The van der Waals surface area contributed by atoms with Crippen molar-refractivity contribution in [2.24, 2.45) is 0 Å². The van der Waals surface area contributed by atoms with E-state index in [-0.39, 0.29) is 0 Å². The van der Waals surface area contributed by atoms with Crippen molar-refractivity contribution in [2.45, 2.75) is 6.61 Å². The summed E-state index contributed by atoms with van der Waals surface area (Å²) in [5.74, 6) is 0.433. The van der Waals surface area contributed by atoms with Crippen molar-refractivity contribution >= 4 is 0 Å². The zero-order valence-electron chi connectivity index (χ0n) is 9.93. The van der Waals surface area contributed by atoms with Crippen LogP contribution in [0.15, 0.2) is 53.4 Å². The second kappa shape index (κ2) is 5.26. The molecule has 0 atom stereocenters. The summed E-state index contributed by atoms with van der Waals surface area (Å²) in [5.41, 5.74) is 2.18. The fourth-order valence-corrected chi connectivity index (χ4v) is 1.51. The van der Waals surface area contributed by atoms with Gasteiger partial charge in [0.05, 0.1) is 5.69 Å². The third-order valence-electron chi connectivity index (χ3n) is 2.43. The van der Waals surface area contributed by atoms with Crippen molar-refractivity contribution in [3.8, 4) is 17.3 Å². The molecule has 0 amide bonds. The molecule has 6 nitrogen and oxygen atoms in total. The molecular weight excluding hydrogens is 244 g/mol. The van der Waals surface area contributed by atoms with Crippen LogP contribution in [0, 0.1) is 0 Å². The minimum atomic E-state index is 0.300. The fraction of sp³-hybridized carbons (Fsp3) is 0.0769. The SMILES string of the molecule is c1ccc(-c2ccc(OCc3ccon3)nn2)nc1. The van der Waals surface area contributed by atoms with Crippen LogP contribution in [-0.2, 0) is 6.61 Å². The smallest absolute Gasteiger partial charge is 0.233 e. The number of aromatic nitrogens is 4. The monoisotopic (exact) mass is 254 g/mol. The summed E-state index contributed by atoms with van der Waals surface area (Å²) in [6, 6.07) is 10.9. The quantitative estimate of drug-likeness (QED) is 0.709. The maximum atomic E-state index is 5.42. The molecule has 0 radical (unpaired) electrons. The predicted octanol–water partition coefficient (Wildman–Crippen LogP) is 2.11. The van der Waals surface area contributed by atoms with E-state index in [1.165, 1.54) is 6.26 Å². The molecule has 0 saturated heterocycles. The van der Waals surface area contributed by atoms with Gasteiger partial charge in [-0.05, 0) is 18.2 Å². The summed E-state index contributed by atoms with van der Waals surface area (Å²) < 4.78 is 10.1. The zero-order chi connectivity index (χ0) is 12.9. The third-order valence-corrected chi connectivity index (χ3v) is 2.43. The van der Waals surface area contributed by atoms with Crippen LogP contribution in [0.3, 0.4) is 0 Å². The van der Waals surface area contributed by atoms with Gasteiger partial charge in [-0.25, -0.2) is 0 Å². The van der Waals surface area contributed by atoms with Gasteiger partial charge in [0.25, 0.3) is 0 Å².